The molecule has 1 aliphatic carbocycles. The van der Waals surface area contributed by atoms with Gasteiger partial charge in [-0.05, 0) is 30.2 Å². The fraction of sp³-hybridized carbons (Fsp3) is 0.647. The first-order valence-electron chi connectivity index (χ1n) is 7.42. The molecule has 1 fully saturated rings. The fourth-order valence-corrected chi connectivity index (χ4v) is 3.23. The molecule has 17 heavy (non-hydrogen) atoms. The van der Waals surface area contributed by atoms with Gasteiger partial charge in [-0.1, -0.05) is 75.8 Å². The number of aryl methyl sites for hydroxylation is 1. The summed E-state index contributed by atoms with van der Waals surface area (Å²) >= 11 is 0. The third-order valence-corrected chi connectivity index (χ3v) is 4.35. The molecular weight excluding hydrogens is 204 g/mol. The highest BCUT2D eigenvalue weighted by Crippen LogP contribution is 2.33. The normalized spacial score (nSPS) is 24.8. The molecule has 94 valence electrons. The van der Waals surface area contributed by atoms with Gasteiger partial charge in [-0.2, -0.15) is 0 Å². The third-order valence-electron chi connectivity index (χ3n) is 4.35. The second-order valence-electron chi connectivity index (χ2n) is 5.70. The maximum Gasteiger partial charge on any atom is -0.0276 e. The quantitative estimate of drug-likeness (QED) is 0.650. The summed E-state index contributed by atoms with van der Waals surface area (Å²) in [4.78, 5) is 0. The van der Waals surface area contributed by atoms with Crippen molar-refractivity contribution in [1.29, 1.82) is 0 Å². The van der Waals surface area contributed by atoms with Crippen LogP contribution in [0.3, 0.4) is 0 Å². The van der Waals surface area contributed by atoms with Gasteiger partial charge in [0.1, 0.15) is 0 Å². The van der Waals surface area contributed by atoms with E-state index in [1.54, 1.807) is 0 Å². The van der Waals surface area contributed by atoms with Crippen LogP contribution < -0.4 is 0 Å². The molecule has 0 saturated heterocycles. The van der Waals surface area contributed by atoms with E-state index in [1.165, 1.54) is 56.9 Å². The minimum atomic E-state index is 1.00. The van der Waals surface area contributed by atoms with E-state index >= 15 is 0 Å². The number of hydrogen-bond donors (Lipinski definition) is 0. The van der Waals surface area contributed by atoms with Gasteiger partial charge in [0.2, 0.25) is 0 Å². The van der Waals surface area contributed by atoms with Crippen LogP contribution in [0.1, 0.15) is 57.4 Å². The molecule has 0 nitrogen and oxygen atoms in total. The summed E-state index contributed by atoms with van der Waals surface area (Å²) in [5.41, 5.74) is 1.52. The smallest absolute Gasteiger partial charge is 0.0276 e. The van der Waals surface area contributed by atoms with E-state index in [0.29, 0.717) is 0 Å². The first-order chi connectivity index (χ1) is 8.38. The van der Waals surface area contributed by atoms with Crippen molar-refractivity contribution in [3.63, 3.8) is 0 Å². The van der Waals surface area contributed by atoms with E-state index < -0.39 is 0 Å². The van der Waals surface area contributed by atoms with Crippen molar-refractivity contribution in [2.24, 2.45) is 11.8 Å². The van der Waals surface area contributed by atoms with Crippen molar-refractivity contribution < 1.29 is 0 Å². The van der Waals surface area contributed by atoms with E-state index in [0.717, 1.165) is 11.8 Å². The molecule has 0 N–H and O–H groups in total. The monoisotopic (exact) mass is 230 g/mol. The van der Waals surface area contributed by atoms with E-state index in [2.05, 4.69) is 37.3 Å². The summed E-state index contributed by atoms with van der Waals surface area (Å²) in [7, 11) is 0. The van der Waals surface area contributed by atoms with Gasteiger partial charge in [-0.3, -0.25) is 0 Å². The van der Waals surface area contributed by atoms with E-state index in [1.807, 2.05) is 0 Å². The topological polar surface area (TPSA) is 0 Å². The summed E-state index contributed by atoms with van der Waals surface area (Å²) in [6, 6.07) is 11.0. The molecular formula is C17H26. The lowest BCUT2D eigenvalue weighted by Crippen LogP contribution is -2.15. The number of benzene rings is 1. The van der Waals surface area contributed by atoms with Crippen molar-refractivity contribution in [1.82, 2.24) is 0 Å². The molecule has 0 heterocycles. The molecule has 0 aliphatic heterocycles. The number of rotatable bonds is 5. The van der Waals surface area contributed by atoms with Gasteiger partial charge in [0.05, 0.1) is 0 Å². The molecule has 0 radical (unpaired) electrons. The fourth-order valence-electron chi connectivity index (χ4n) is 3.23. The summed E-state index contributed by atoms with van der Waals surface area (Å²) in [5.74, 6) is 2.05. The molecule has 0 spiro atoms. The summed E-state index contributed by atoms with van der Waals surface area (Å²) < 4.78 is 0. The Morgan fingerprint density at radius 1 is 0.882 bits per heavy atom. The molecule has 1 aliphatic rings. The van der Waals surface area contributed by atoms with Crippen LogP contribution in [0.4, 0.5) is 0 Å². The highest BCUT2D eigenvalue weighted by molar-refractivity contribution is 5.14. The molecule has 1 aromatic rings. The van der Waals surface area contributed by atoms with E-state index in [9.17, 15) is 0 Å². The highest BCUT2D eigenvalue weighted by Gasteiger charge is 2.20. The zero-order chi connectivity index (χ0) is 11.9. The predicted molar refractivity (Wildman–Crippen MR) is 75.1 cm³/mol. The van der Waals surface area contributed by atoms with Crippen molar-refractivity contribution in [2.75, 3.05) is 0 Å². The highest BCUT2D eigenvalue weighted by atomic mass is 14.3. The van der Waals surface area contributed by atoms with Crippen LogP contribution in [0.2, 0.25) is 0 Å². The van der Waals surface area contributed by atoms with Crippen LogP contribution in [0.25, 0.3) is 0 Å². The largest absolute Gasteiger partial charge is 0.0654 e. The first kappa shape index (κ1) is 12.7. The lowest BCUT2D eigenvalue weighted by Gasteiger charge is -2.28. The van der Waals surface area contributed by atoms with Gasteiger partial charge in [-0.25, -0.2) is 0 Å². The van der Waals surface area contributed by atoms with Gasteiger partial charge in [0.15, 0.2) is 0 Å². The van der Waals surface area contributed by atoms with Crippen LogP contribution in [0, 0.1) is 11.8 Å². The second kappa shape index (κ2) is 6.83. The molecule has 0 atom stereocenters. The third kappa shape index (κ3) is 4.18. The van der Waals surface area contributed by atoms with Crippen LogP contribution in [-0.4, -0.2) is 0 Å². The van der Waals surface area contributed by atoms with Crippen LogP contribution >= 0.6 is 0 Å². The minimum absolute atomic E-state index is 1.00. The van der Waals surface area contributed by atoms with E-state index in [4.69, 9.17) is 0 Å². The first-order valence-corrected chi connectivity index (χ1v) is 7.42. The summed E-state index contributed by atoms with van der Waals surface area (Å²) in [6.45, 7) is 2.32. The van der Waals surface area contributed by atoms with Crippen LogP contribution in [-0.2, 0) is 6.42 Å². The Morgan fingerprint density at radius 3 is 2.06 bits per heavy atom. The molecule has 2 rings (SSSR count). The Hall–Kier alpha value is -0.780. The minimum Gasteiger partial charge on any atom is -0.0654 e. The van der Waals surface area contributed by atoms with Crippen molar-refractivity contribution >= 4 is 0 Å². The van der Waals surface area contributed by atoms with Gasteiger partial charge >= 0.3 is 0 Å². The van der Waals surface area contributed by atoms with Crippen molar-refractivity contribution in [2.45, 2.75) is 58.3 Å². The Morgan fingerprint density at radius 2 is 1.47 bits per heavy atom. The maximum atomic E-state index is 2.32. The lowest BCUT2D eigenvalue weighted by molar-refractivity contribution is 0.252. The summed E-state index contributed by atoms with van der Waals surface area (Å²) in [6.07, 6.45) is 11.5. The SMILES string of the molecule is CCCC1CCC(CCc2ccccc2)CC1. The Labute approximate surface area is 106 Å². The van der Waals surface area contributed by atoms with Crippen LogP contribution in [0.5, 0.6) is 0 Å². The Bertz CT molecular complexity index is 293. The average Bonchev–Trinajstić information content (AvgIpc) is 2.40. The average molecular weight is 230 g/mol. The van der Waals surface area contributed by atoms with Gasteiger partial charge < -0.3 is 0 Å². The lowest BCUT2D eigenvalue weighted by atomic mass is 9.78. The zero-order valence-electron chi connectivity index (χ0n) is 11.2. The zero-order valence-corrected chi connectivity index (χ0v) is 11.2. The molecule has 0 unspecified atom stereocenters. The molecule has 0 amide bonds. The molecule has 1 aromatic carbocycles. The van der Waals surface area contributed by atoms with E-state index in [-0.39, 0.29) is 0 Å². The summed E-state index contributed by atoms with van der Waals surface area (Å²) in [5, 5.41) is 0. The van der Waals surface area contributed by atoms with Gasteiger partial charge in [0, 0.05) is 0 Å². The molecule has 1 saturated carbocycles. The Kier molecular flexibility index (Phi) is 5.09. The predicted octanol–water partition coefficient (Wildman–Crippen LogP) is 5.23. The van der Waals surface area contributed by atoms with Gasteiger partial charge in [-0.15, -0.1) is 0 Å². The standard InChI is InChI=1S/C17H26/c1-2-6-15-9-12-17(13-10-15)14-11-16-7-4-3-5-8-16/h3-5,7-8,15,17H,2,6,9-14H2,1H3. The second-order valence-corrected chi connectivity index (χ2v) is 5.70. The Balaban J connectivity index is 1.68. The molecule has 0 aromatic heterocycles. The maximum absolute atomic E-state index is 2.32. The molecule has 0 heteroatoms. The van der Waals surface area contributed by atoms with Crippen molar-refractivity contribution in [3.05, 3.63) is 35.9 Å². The van der Waals surface area contributed by atoms with Crippen molar-refractivity contribution in [3.8, 4) is 0 Å². The van der Waals surface area contributed by atoms with Crippen LogP contribution in [0.15, 0.2) is 30.3 Å². The number of hydrogen-bond acceptors (Lipinski definition) is 0. The van der Waals surface area contributed by atoms with Gasteiger partial charge in [0.25, 0.3) is 0 Å². The molecule has 0 bridgehead atoms.